The zero-order chi connectivity index (χ0) is 17.9. The van der Waals surface area contributed by atoms with E-state index in [1.165, 1.54) is 6.42 Å². The molecule has 0 aromatic rings. The molecule has 0 radical (unpaired) electrons. The normalized spacial score (nSPS) is 32.8. The second-order valence-electron chi connectivity index (χ2n) is 7.77. The molecule has 0 bridgehead atoms. The highest BCUT2D eigenvalue weighted by molar-refractivity contribution is 7.91. The average molecular weight is 373 g/mol. The van der Waals surface area contributed by atoms with Gasteiger partial charge in [0.15, 0.2) is 9.84 Å². The fourth-order valence-electron chi connectivity index (χ4n) is 4.48. The van der Waals surface area contributed by atoms with Crippen LogP contribution in [0.25, 0.3) is 0 Å². The SMILES string of the molecule is CC[C@@H]1CCCCN1CC(=O)N(C[C@H]1CCCO1)[C@H]1CCS(=O)(=O)C1. The van der Waals surface area contributed by atoms with Crippen molar-refractivity contribution in [2.24, 2.45) is 0 Å². The third kappa shape index (κ3) is 4.95. The number of ether oxygens (including phenoxy) is 1. The van der Waals surface area contributed by atoms with E-state index in [1.807, 2.05) is 4.90 Å². The van der Waals surface area contributed by atoms with Gasteiger partial charge in [-0.1, -0.05) is 13.3 Å². The summed E-state index contributed by atoms with van der Waals surface area (Å²) in [5.74, 6) is 0.398. The third-order valence-corrected chi connectivity index (χ3v) is 7.70. The predicted octanol–water partition coefficient (Wildman–Crippen LogP) is 1.45. The number of rotatable bonds is 6. The summed E-state index contributed by atoms with van der Waals surface area (Å²) < 4.78 is 29.5. The molecule has 3 fully saturated rings. The summed E-state index contributed by atoms with van der Waals surface area (Å²) in [5.41, 5.74) is 0. The Hall–Kier alpha value is -0.660. The van der Waals surface area contributed by atoms with E-state index in [9.17, 15) is 13.2 Å². The monoisotopic (exact) mass is 372 g/mol. The largest absolute Gasteiger partial charge is 0.376 e. The number of piperidine rings is 1. The number of amides is 1. The van der Waals surface area contributed by atoms with Gasteiger partial charge in [-0.2, -0.15) is 0 Å². The minimum Gasteiger partial charge on any atom is -0.376 e. The number of sulfone groups is 1. The van der Waals surface area contributed by atoms with Crippen LogP contribution < -0.4 is 0 Å². The van der Waals surface area contributed by atoms with Crippen molar-refractivity contribution >= 4 is 15.7 Å². The van der Waals surface area contributed by atoms with E-state index < -0.39 is 9.84 Å². The Morgan fingerprint density at radius 2 is 2.04 bits per heavy atom. The molecule has 0 N–H and O–H groups in total. The van der Waals surface area contributed by atoms with Gasteiger partial charge in [-0.15, -0.1) is 0 Å². The molecule has 0 aliphatic carbocycles. The van der Waals surface area contributed by atoms with Crippen LogP contribution in [0.1, 0.15) is 51.9 Å². The number of carbonyl (C=O) groups excluding carboxylic acids is 1. The zero-order valence-electron chi connectivity index (χ0n) is 15.4. The fraction of sp³-hybridized carbons (Fsp3) is 0.944. The molecule has 3 heterocycles. The van der Waals surface area contributed by atoms with Gasteiger partial charge in [0, 0.05) is 25.2 Å². The minimum absolute atomic E-state index is 0.0654. The van der Waals surface area contributed by atoms with E-state index >= 15 is 0 Å². The van der Waals surface area contributed by atoms with Gasteiger partial charge in [-0.25, -0.2) is 8.42 Å². The second-order valence-corrected chi connectivity index (χ2v) is 10.00. The Bertz CT molecular complexity index is 559. The van der Waals surface area contributed by atoms with Crippen LogP contribution in [0.3, 0.4) is 0 Å². The van der Waals surface area contributed by atoms with Crippen molar-refractivity contribution in [1.29, 1.82) is 0 Å². The standard InChI is InChI=1S/C18H32N2O4S/c1-2-15-6-3-4-9-19(15)13-18(21)20(12-17-7-5-10-24-17)16-8-11-25(22,23)14-16/h15-17H,2-14H2,1H3/t15-,16+,17-/m1/s1. The highest BCUT2D eigenvalue weighted by Gasteiger charge is 2.37. The maximum Gasteiger partial charge on any atom is 0.237 e. The third-order valence-electron chi connectivity index (χ3n) is 5.95. The summed E-state index contributed by atoms with van der Waals surface area (Å²) in [5, 5.41) is 0. The predicted molar refractivity (Wildman–Crippen MR) is 97.2 cm³/mol. The molecule has 0 saturated carbocycles. The summed E-state index contributed by atoms with van der Waals surface area (Å²) in [6.45, 7) is 4.87. The van der Waals surface area contributed by atoms with Crippen LogP contribution in [-0.4, -0.2) is 80.1 Å². The van der Waals surface area contributed by atoms with Crippen LogP contribution in [0.15, 0.2) is 0 Å². The molecule has 3 saturated heterocycles. The van der Waals surface area contributed by atoms with Gasteiger partial charge >= 0.3 is 0 Å². The van der Waals surface area contributed by atoms with Crippen molar-refractivity contribution in [2.75, 3.05) is 37.7 Å². The molecule has 3 aliphatic rings. The summed E-state index contributed by atoms with van der Waals surface area (Å²) in [7, 11) is -3.00. The number of carbonyl (C=O) groups is 1. The molecule has 7 heteroatoms. The zero-order valence-corrected chi connectivity index (χ0v) is 16.2. The molecule has 0 aromatic carbocycles. The van der Waals surface area contributed by atoms with Crippen LogP contribution in [0, 0.1) is 0 Å². The number of hydrogen-bond donors (Lipinski definition) is 0. The smallest absolute Gasteiger partial charge is 0.237 e. The number of hydrogen-bond acceptors (Lipinski definition) is 5. The lowest BCUT2D eigenvalue weighted by Crippen LogP contribution is -2.51. The lowest BCUT2D eigenvalue weighted by molar-refractivity contribution is -0.137. The second kappa shape index (κ2) is 8.35. The molecule has 3 rings (SSSR count). The Morgan fingerprint density at radius 3 is 2.68 bits per heavy atom. The molecule has 6 nitrogen and oxygen atoms in total. The van der Waals surface area contributed by atoms with Gasteiger partial charge in [0.2, 0.25) is 5.91 Å². The Labute approximate surface area is 151 Å². The van der Waals surface area contributed by atoms with Gasteiger partial charge in [0.25, 0.3) is 0 Å². The molecule has 1 amide bonds. The molecule has 0 spiro atoms. The fourth-order valence-corrected chi connectivity index (χ4v) is 6.21. The van der Waals surface area contributed by atoms with E-state index in [0.717, 1.165) is 45.3 Å². The van der Waals surface area contributed by atoms with Crippen LogP contribution in [0.2, 0.25) is 0 Å². The highest BCUT2D eigenvalue weighted by atomic mass is 32.2. The van der Waals surface area contributed by atoms with Crippen molar-refractivity contribution in [3.8, 4) is 0 Å². The molecular formula is C18H32N2O4S. The molecule has 144 valence electrons. The first-order valence-corrected chi connectivity index (χ1v) is 11.7. The molecule has 3 aliphatic heterocycles. The lowest BCUT2D eigenvalue weighted by Gasteiger charge is -2.37. The van der Waals surface area contributed by atoms with Crippen molar-refractivity contribution in [1.82, 2.24) is 9.80 Å². The average Bonchev–Trinajstić information content (AvgIpc) is 3.22. The first kappa shape index (κ1) is 19.1. The van der Waals surface area contributed by atoms with E-state index in [2.05, 4.69) is 11.8 Å². The van der Waals surface area contributed by atoms with Crippen LogP contribution in [0.4, 0.5) is 0 Å². The topological polar surface area (TPSA) is 66.9 Å². The summed E-state index contributed by atoms with van der Waals surface area (Å²) in [6.07, 6.45) is 7.24. The maximum absolute atomic E-state index is 13.1. The molecule has 0 aromatic heterocycles. The number of likely N-dealkylation sites (tertiary alicyclic amines) is 1. The van der Waals surface area contributed by atoms with Gasteiger partial charge in [-0.3, -0.25) is 9.69 Å². The quantitative estimate of drug-likeness (QED) is 0.706. The minimum atomic E-state index is -3.00. The van der Waals surface area contributed by atoms with E-state index in [4.69, 9.17) is 4.74 Å². The Kier molecular flexibility index (Phi) is 6.39. The van der Waals surface area contributed by atoms with Crippen molar-refractivity contribution in [3.05, 3.63) is 0 Å². The first-order valence-electron chi connectivity index (χ1n) is 9.84. The van der Waals surface area contributed by atoms with E-state index in [0.29, 0.717) is 25.6 Å². The van der Waals surface area contributed by atoms with Gasteiger partial charge in [0.1, 0.15) is 0 Å². The van der Waals surface area contributed by atoms with E-state index in [-0.39, 0.29) is 29.6 Å². The van der Waals surface area contributed by atoms with Crippen LogP contribution in [0.5, 0.6) is 0 Å². The van der Waals surface area contributed by atoms with Crippen molar-refractivity contribution in [2.45, 2.75) is 70.1 Å². The molecular weight excluding hydrogens is 340 g/mol. The van der Waals surface area contributed by atoms with Gasteiger partial charge in [0.05, 0.1) is 24.2 Å². The highest BCUT2D eigenvalue weighted by Crippen LogP contribution is 2.23. The Balaban J connectivity index is 1.67. The van der Waals surface area contributed by atoms with Gasteiger partial charge in [-0.05, 0) is 45.1 Å². The lowest BCUT2D eigenvalue weighted by atomic mass is 10.00. The van der Waals surface area contributed by atoms with Crippen LogP contribution >= 0.6 is 0 Å². The molecule has 25 heavy (non-hydrogen) atoms. The van der Waals surface area contributed by atoms with E-state index in [1.54, 1.807) is 0 Å². The molecule has 3 atom stereocenters. The van der Waals surface area contributed by atoms with Crippen LogP contribution in [-0.2, 0) is 19.4 Å². The van der Waals surface area contributed by atoms with Crippen molar-refractivity contribution < 1.29 is 17.9 Å². The number of nitrogens with zero attached hydrogens (tertiary/aromatic N) is 2. The van der Waals surface area contributed by atoms with Gasteiger partial charge < -0.3 is 9.64 Å². The summed E-state index contributed by atoms with van der Waals surface area (Å²) in [4.78, 5) is 17.2. The summed E-state index contributed by atoms with van der Waals surface area (Å²) in [6, 6.07) is 0.307. The Morgan fingerprint density at radius 1 is 1.20 bits per heavy atom. The van der Waals surface area contributed by atoms with Crippen molar-refractivity contribution in [3.63, 3.8) is 0 Å². The molecule has 0 unspecified atom stereocenters. The maximum atomic E-state index is 13.1. The first-order chi connectivity index (χ1) is 12.0. The summed E-state index contributed by atoms with van der Waals surface area (Å²) >= 11 is 0.